The monoisotopic (exact) mass is 175 g/mol. The van der Waals surface area contributed by atoms with Crippen molar-refractivity contribution in [3.05, 3.63) is 28.8 Å². The van der Waals surface area contributed by atoms with Crippen LogP contribution in [-0.2, 0) is 0 Å². The first kappa shape index (κ1) is 11.7. The molecule has 0 unspecified atom stereocenters. The van der Waals surface area contributed by atoms with Gasteiger partial charge < -0.3 is 5.11 Å². The van der Waals surface area contributed by atoms with Crippen LogP contribution in [0.3, 0.4) is 0 Å². The summed E-state index contributed by atoms with van der Waals surface area (Å²) >= 11 is 0. The summed E-state index contributed by atoms with van der Waals surface area (Å²) in [6.07, 6.45) is 0. The number of hydrogen-bond acceptors (Lipinski definition) is 1. The molecule has 1 aromatic rings. The quantitative estimate of drug-likeness (QED) is 0.597. The van der Waals surface area contributed by atoms with Crippen LogP contribution < -0.4 is 0 Å². The van der Waals surface area contributed by atoms with E-state index in [0.717, 1.165) is 11.1 Å². The second-order valence-electron chi connectivity index (χ2n) is 2.75. The van der Waals surface area contributed by atoms with Crippen molar-refractivity contribution in [2.75, 3.05) is 0 Å². The molecule has 0 heterocycles. The Kier molecular flexibility index (Phi) is 4.90. The van der Waals surface area contributed by atoms with Crippen molar-refractivity contribution in [2.45, 2.75) is 20.8 Å². The SMILES string of the molecule is Cc1cc(C)c(O)c(C)c1.[K]. The summed E-state index contributed by atoms with van der Waals surface area (Å²) in [5.74, 6) is 0.422. The van der Waals surface area contributed by atoms with Gasteiger partial charge in [0.1, 0.15) is 5.75 Å². The molecular formula is C9H12KO. The second-order valence-corrected chi connectivity index (χ2v) is 2.75. The number of aryl methyl sites for hydroxylation is 3. The van der Waals surface area contributed by atoms with Crippen LogP contribution in [0.25, 0.3) is 0 Å². The number of phenolic OH excluding ortho intramolecular Hbond substituents is 1. The third-order valence-corrected chi connectivity index (χ3v) is 1.64. The Balaban J connectivity index is 0.000001000. The summed E-state index contributed by atoms with van der Waals surface area (Å²) in [6.45, 7) is 5.85. The van der Waals surface area contributed by atoms with Gasteiger partial charge in [-0.25, -0.2) is 0 Å². The normalized spacial score (nSPS) is 9.00. The molecular weight excluding hydrogens is 163 g/mol. The van der Waals surface area contributed by atoms with Crippen molar-refractivity contribution in [2.24, 2.45) is 0 Å². The van der Waals surface area contributed by atoms with Gasteiger partial charge in [0.25, 0.3) is 0 Å². The summed E-state index contributed by atoms with van der Waals surface area (Å²) in [5.41, 5.74) is 3.11. The molecule has 0 fully saturated rings. The van der Waals surface area contributed by atoms with Crippen molar-refractivity contribution in [1.29, 1.82) is 0 Å². The van der Waals surface area contributed by atoms with Crippen LogP contribution in [0.4, 0.5) is 0 Å². The molecule has 0 spiro atoms. The first-order valence-electron chi connectivity index (χ1n) is 3.38. The van der Waals surface area contributed by atoms with E-state index in [2.05, 4.69) is 0 Å². The topological polar surface area (TPSA) is 20.2 Å². The number of aromatic hydroxyl groups is 1. The molecule has 1 rings (SSSR count). The maximum atomic E-state index is 9.33. The molecule has 0 saturated carbocycles. The maximum absolute atomic E-state index is 9.33. The van der Waals surface area contributed by atoms with Gasteiger partial charge in [-0.1, -0.05) is 17.7 Å². The fourth-order valence-electron chi connectivity index (χ4n) is 1.17. The molecule has 0 aliphatic rings. The zero-order valence-corrected chi connectivity index (χ0v) is 10.7. The first-order chi connectivity index (χ1) is 4.61. The standard InChI is InChI=1S/C9H12O.K/c1-6-4-7(2)9(10)8(3)5-6;/h4-5,10H,1-3H3;. The van der Waals surface area contributed by atoms with Crippen LogP contribution in [0, 0.1) is 20.8 Å². The van der Waals surface area contributed by atoms with Crippen molar-refractivity contribution < 1.29 is 5.11 Å². The van der Waals surface area contributed by atoms with Crippen molar-refractivity contribution in [3.63, 3.8) is 0 Å². The minimum Gasteiger partial charge on any atom is -0.507 e. The first-order valence-corrected chi connectivity index (χ1v) is 3.38. The summed E-state index contributed by atoms with van der Waals surface area (Å²) < 4.78 is 0. The summed E-state index contributed by atoms with van der Waals surface area (Å²) in [7, 11) is 0. The predicted molar refractivity (Wildman–Crippen MR) is 48.1 cm³/mol. The van der Waals surface area contributed by atoms with Crippen LogP contribution in [0.5, 0.6) is 5.75 Å². The number of rotatable bonds is 0. The maximum Gasteiger partial charge on any atom is 0.121 e. The van der Waals surface area contributed by atoms with E-state index in [9.17, 15) is 5.11 Å². The van der Waals surface area contributed by atoms with Gasteiger partial charge in [0.2, 0.25) is 0 Å². The summed E-state index contributed by atoms with van der Waals surface area (Å²) in [5, 5.41) is 9.33. The van der Waals surface area contributed by atoms with Crippen LogP contribution in [0.15, 0.2) is 12.1 Å². The van der Waals surface area contributed by atoms with Gasteiger partial charge in [-0.3, -0.25) is 0 Å². The van der Waals surface area contributed by atoms with Crippen molar-refractivity contribution in [3.8, 4) is 5.75 Å². The Bertz CT molecular complexity index is 233. The zero-order valence-electron chi connectivity index (χ0n) is 7.60. The van der Waals surface area contributed by atoms with Crippen LogP contribution >= 0.6 is 0 Å². The molecule has 55 valence electrons. The minimum atomic E-state index is 0. The average molecular weight is 175 g/mol. The van der Waals surface area contributed by atoms with E-state index in [-0.39, 0.29) is 51.4 Å². The zero-order chi connectivity index (χ0) is 7.72. The average Bonchev–Trinajstić information content (AvgIpc) is 1.82. The fraction of sp³-hybridized carbons (Fsp3) is 0.333. The predicted octanol–water partition coefficient (Wildman–Crippen LogP) is 1.94. The van der Waals surface area contributed by atoms with Gasteiger partial charge in [0.05, 0.1) is 0 Å². The molecule has 1 nitrogen and oxygen atoms in total. The Hall–Kier alpha value is 0.656. The third-order valence-electron chi connectivity index (χ3n) is 1.64. The Morgan fingerprint density at radius 3 is 1.73 bits per heavy atom. The van der Waals surface area contributed by atoms with Gasteiger partial charge in [0.15, 0.2) is 0 Å². The number of hydrogen-bond donors (Lipinski definition) is 1. The van der Waals surface area contributed by atoms with Gasteiger partial charge in [0, 0.05) is 51.4 Å². The van der Waals surface area contributed by atoms with E-state index in [1.165, 1.54) is 5.56 Å². The van der Waals surface area contributed by atoms with E-state index < -0.39 is 0 Å². The molecule has 0 aliphatic heterocycles. The number of benzene rings is 1. The minimum absolute atomic E-state index is 0. The molecule has 1 N–H and O–H groups in total. The van der Waals surface area contributed by atoms with E-state index in [4.69, 9.17) is 0 Å². The van der Waals surface area contributed by atoms with Crippen molar-refractivity contribution >= 4 is 51.4 Å². The van der Waals surface area contributed by atoms with Crippen LogP contribution in [-0.4, -0.2) is 56.5 Å². The molecule has 1 radical (unpaired) electrons. The summed E-state index contributed by atoms with van der Waals surface area (Å²) in [6, 6.07) is 3.95. The molecule has 0 aromatic heterocycles. The van der Waals surface area contributed by atoms with Gasteiger partial charge in [-0.2, -0.15) is 0 Å². The molecule has 2 heteroatoms. The van der Waals surface area contributed by atoms with Gasteiger partial charge in [-0.05, 0) is 31.9 Å². The van der Waals surface area contributed by atoms with Crippen LogP contribution in [0.2, 0.25) is 0 Å². The Labute approximate surface area is 110 Å². The van der Waals surface area contributed by atoms with E-state index in [0.29, 0.717) is 5.75 Å². The molecule has 0 aliphatic carbocycles. The summed E-state index contributed by atoms with van der Waals surface area (Å²) in [4.78, 5) is 0. The van der Waals surface area contributed by atoms with E-state index in [1.807, 2.05) is 32.9 Å². The molecule has 0 saturated heterocycles. The Morgan fingerprint density at radius 1 is 1.00 bits per heavy atom. The largest absolute Gasteiger partial charge is 0.507 e. The molecule has 11 heavy (non-hydrogen) atoms. The van der Waals surface area contributed by atoms with Crippen LogP contribution in [0.1, 0.15) is 16.7 Å². The smallest absolute Gasteiger partial charge is 0.121 e. The fourth-order valence-corrected chi connectivity index (χ4v) is 1.17. The molecule has 1 aromatic carbocycles. The van der Waals surface area contributed by atoms with E-state index >= 15 is 0 Å². The van der Waals surface area contributed by atoms with Gasteiger partial charge in [-0.15, -0.1) is 0 Å². The molecule has 0 amide bonds. The second kappa shape index (κ2) is 4.63. The molecule has 0 atom stereocenters. The number of phenols is 1. The molecule has 0 bridgehead atoms. The van der Waals surface area contributed by atoms with Crippen molar-refractivity contribution in [1.82, 2.24) is 0 Å². The Morgan fingerprint density at radius 2 is 1.36 bits per heavy atom. The van der Waals surface area contributed by atoms with Gasteiger partial charge >= 0.3 is 0 Å². The third kappa shape index (κ3) is 2.88. The van der Waals surface area contributed by atoms with E-state index in [1.54, 1.807) is 0 Å².